The van der Waals surface area contributed by atoms with E-state index in [1.165, 1.54) is 5.56 Å². The molecule has 1 atom stereocenters. The molecule has 0 fully saturated rings. The second-order valence-corrected chi connectivity index (χ2v) is 7.00. The number of fused-ring (bicyclic) bond motifs is 3. The molecule has 4 N–H and O–H groups in total. The molecule has 2 bridgehead atoms. The minimum absolute atomic E-state index is 0.00466. The maximum absolute atomic E-state index is 12.4. The molecule has 1 amide bonds. The maximum Gasteiger partial charge on any atom is 0.251 e. The number of rotatable bonds is 4. The van der Waals surface area contributed by atoms with Gasteiger partial charge in [0.2, 0.25) is 0 Å². The van der Waals surface area contributed by atoms with Gasteiger partial charge in [-0.05, 0) is 34.9 Å². The van der Waals surface area contributed by atoms with Gasteiger partial charge in [0.25, 0.3) is 5.91 Å². The van der Waals surface area contributed by atoms with Crippen LogP contribution in [0.5, 0.6) is 5.75 Å². The van der Waals surface area contributed by atoms with Crippen molar-refractivity contribution in [1.29, 1.82) is 0 Å². The number of benzene rings is 2. The first-order chi connectivity index (χ1) is 14.2. The number of hydrogen-bond acceptors (Lipinski definition) is 6. The Morgan fingerprint density at radius 1 is 1.14 bits per heavy atom. The first-order valence-corrected chi connectivity index (χ1v) is 9.85. The molecular weight excluding hydrogens is 372 g/mol. The molecule has 29 heavy (non-hydrogen) atoms. The van der Waals surface area contributed by atoms with Crippen molar-refractivity contribution in [3.63, 3.8) is 0 Å². The molecule has 1 aliphatic rings. The average molecular weight is 400 g/mol. The third-order valence-corrected chi connectivity index (χ3v) is 4.66. The maximum atomic E-state index is 12.4. The van der Waals surface area contributed by atoms with Gasteiger partial charge >= 0.3 is 0 Å². The van der Waals surface area contributed by atoms with Crippen LogP contribution in [0.4, 0.5) is 0 Å². The Morgan fingerprint density at radius 3 is 2.86 bits per heavy atom. The Morgan fingerprint density at radius 2 is 2.00 bits per heavy atom. The van der Waals surface area contributed by atoms with Crippen molar-refractivity contribution in [1.82, 2.24) is 10.6 Å². The number of ether oxygens (including phenoxy) is 2. The van der Waals surface area contributed by atoms with Gasteiger partial charge in [0.1, 0.15) is 12.4 Å². The molecule has 1 aliphatic heterocycles. The van der Waals surface area contributed by atoms with E-state index in [0.717, 1.165) is 30.0 Å². The van der Waals surface area contributed by atoms with Crippen LogP contribution in [0.3, 0.4) is 0 Å². The fourth-order valence-electron chi connectivity index (χ4n) is 3.14. The number of carbonyl (C=O) groups is 1. The fourth-order valence-corrected chi connectivity index (χ4v) is 3.14. The molecule has 3 rings (SSSR count). The smallest absolute Gasteiger partial charge is 0.251 e. The Hall–Kier alpha value is -2.45. The number of aliphatic hydroxyl groups excluding tert-OH is 2. The van der Waals surface area contributed by atoms with Gasteiger partial charge in [0.15, 0.2) is 0 Å². The zero-order chi connectivity index (χ0) is 20.5. The van der Waals surface area contributed by atoms with Crippen molar-refractivity contribution in [2.45, 2.75) is 19.1 Å². The summed E-state index contributed by atoms with van der Waals surface area (Å²) in [4.78, 5) is 12.4. The van der Waals surface area contributed by atoms with Gasteiger partial charge in [-0.25, -0.2) is 0 Å². The largest absolute Gasteiger partial charge is 0.491 e. The zero-order valence-corrected chi connectivity index (χ0v) is 16.4. The summed E-state index contributed by atoms with van der Waals surface area (Å²) in [6.45, 7) is 2.70. The molecule has 7 heteroatoms. The number of carbonyl (C=O) groups excluding carboxylic acids is 1. The zero-order valence-electron chi connectivity index (χ0n) is 16.4. The standard InChI is InChI=1S/C22H28N2O5/c25-15-20(26)14-24-22(27)18-4-5-21-19(12-18)11-16-2-1-3-17(10-16)13-23-6-7-28-8-9-29-21/h1-5,10,12,20,23,25-26H,6-9,11,13-15H2,(H,24,27). The van der Waals surface area contributed by atoms with Crippen LogP contribution in [0.2, 0.25) is 0 Å². The van der Waals surface area contributed by atoms with Crippen LogP contribution in [-0.2, 0) is 17.7 Å². The molecule has 0 saturated heterocycles. The van der Waals surface area contributed by atoms with E-state index < -0.39 is 12.7 Å². The van der Waals surface area contributed by atoms with E-state index in [-0.39, 0.29) is 12.5 Å². The van der Waals surface area contributed by atoms with E-state index in [9.17, 15) is 9.90 Å². The van der Waals surface area contributed by atoms with Gasteiger partial charge in [-0.2, -0.15) is 0 Å². The lowest BCUT2D eigenvalue weighted by molar-refractivity contribution is 0.0801. The normalized spacial score (nSPS) is 16.1. The lowest BCUT2D eigenvalue weighted by Crippen LogP contribution is -2.33. The third kappa shape index (κ3) is 6.54. The van der Waals surface area contributed by atoms with E-state index in [1.54, 1.807) is 12.1 Å². The number of aliphatic hydroxyl groups is 2. The highest BCUT2D eigenvalue weighted by Crippen LogP contribution is 2.24. The Labute approximate surface area is 170 Å². The van der Waals surface area contributed by atoms with Gasteiger partial charge in [-0.15, -0.1) is 0 Å². The van der Waals surface area contributed by atoms with E-state index in [4.69, 9.17) is 14.6 Å². The quantitative estimate of drug-likeness (QED) is 0.608. The van der Waals surface area contributed by atoms with Crippen LogP contribution < -0.4 is 15.4 Å². The topological polar surface area (TPSA) is 100 Å². The van der Waals surface area contributed by atoms with E-state index in [2.05, 4.69) is 28.8 Å². The van der Waals surface area contributed by atoms with Gasteiger partial charge in [-0.3, -0.25) is 4.79 Å². The van der Waals surface area contributed by atoms with Crippen molar-refractivity contribution < 1.29 is 24.5 Å². The Balaban J connectivity index is 1.82. The van der Waals surface area contributed by atoms with Crippen LogP contribution in [0.1, 0.15) is 27.0 Å². The minimum Gasteiger partial charge on any atom is -0.491 e. The van der Waals surface area contributed by atoms with Crippen LogP contribution >= 0.6 is 0 Å². The minimum atomic E-state index is -0.976. The summed E-state index contributed by atoms with van der Waals surface area (Å²) < 4.78 is 11.5. The molecule has 0 spiro atoms. The van der Waals surface area contributed by atoms with E-state index in [0.29, 0.717) is 31.8 Å². The number of amides is 1. The fraction of sp³-hybridized carbons (Fsp3) is 0.409. The summed E-state index contributed by atoms with van der Waals surface area (Å²) in [5.74, 6) is 0.419. The molecular formula is C22H28N2O5. The predicted molar refractivity (Wildman–Crippen MR) is 109 cm³/mol. The Bertz CT molecular complexity index is 812. The SMILES string of the molecule is O=C(NCC(O)CO)c1ccc2c(c1)Cc1cccc(c1)CNCCOCCO2. The van der Waals surface area contributed by atoms with E-state index >= 15 is 0 Å². The first-order valence-electron chi connectivity index (χ1n) is 9.85. The molecule has 0 saturated carbocycles. The van der Waals surface area contributed by atoms with Crippen molar-refractivity contribution in [3.05, 3.63) is 64.7 Å². The highest BCUT2D eigenvalue weighted by atomic mass is 16.5. The van der Waals surface area contributed by atoms with Gasteiger partial charge in [0, 0.05) is 31.6 Å². The Kier molecular flexibility index (Phi) is 8.01. The molecule has 1 heterocycles. The molecule has 2 aromatic carbocycles. The molecule has 2 aromatic rings. The summed E-state index contributed by atoms with van der Waals surface area (Å²) in [6, 6.07) is 13.6. The van der Waals surface area contributed by atoms with Crippen LogP contribution in [0.15, 0.2) is 42.5 Å². The summed E-state index contributed by atoms with van der Waals surface area (Å²) in [6.07, 6.45) is -0.347. The average Bonchev–Trinajstić information content (AvgIpc) is 2.74. The summed E-state index contributed by atoms with van der Waals surface area (Å²) in [7, 11) is 0. The van der Waals surface area contributed by atoms with Crippen molar-refractivity contribution in [3.8, 4) is 5.75 Å². The second kappa shape index (κ2) is 10.9. The number of nitrogens with one attached hydrogen (secondary N) is 2. The molecule has 0 radical (unpaired) electrons. The van der Waals surface area contributed by atoms with Crippen molar-refractivity contribution in [2.75, 3.05) is 39.5 Å². The molecule has 156 valence electrons. The van der Waals surface area contributed by atoms with Crippen molar-refractivity contribution >= 4 is 5.91 Å². The highest BCUT2D eigenvalue weighted by Gasteiger charge is 2.13. The molecule has 0 aromatic heterocycles. The first kappa shape index (κ1) is 21.3. The van der Waals surface area contributed by atoms with Gasteiger partial charge < -0.3 is 30.3 Å². The number of hydrogen-bond donors (Lipinski definition) is 4. The lowest BCUT2D eigenvalue weighted by atomic mass is 9.99. The summed E-state index contributed by atoms with van der Waals surface area (Å²) >= 11 is 0. The summed E-state index contributed by atoms with van der Waals surface area (Å²) in [5, 5.41) is 24.3. The third-order valence-electron chi connectivity index (χ3n) is 4.66. The van der Waals surface area contributed by atoms with Crippen LogP contribution in [-0.4, -0.2) is 61.7 Å². The lowest BCUT2D eigenvalue weighted by Gasteiger charge is -2.16. The van der Waals surface area contributed by atoms with Crippen molar-refractivity contribution in [2.24, 2.45) is 0 Å². The summed E-state index contributed by atoms with van der Waals surface area (Å²) in [5.41, 5.74) is 3.71. The van der Waals surface area contributed by atoms with Gasteiger partial charge in [-0.1, -0.05) is 24.3 Å². The van der Waals surface area contributed by atoms with Gasteiger partial charge in [0.05, 0.1) is 25.9 Å². The monoisotopic (exact) mass is 400 g/mol. The van der Waals surface area contributed by atoms with E-state index in [1.807, 2.05) is 12.1 Å². The molecule has 1 unspecified atom stereocenters. The predicted octanol–water partition coefficient (Wildman–Crippen LogP) is 0.859. The van der Waals surface area contributed by atoms with Crippen LogP contribution in [0.25, 0.3) is 0 Å². The highest BCUT2D eigenvalue weighted by molar-refractivity contribution is 5.94. The second-order valence-electron chi connectivity index (χ2n) is 7.00. The molecule has 0 aliphatic carbocycles. The van der Waals surface area contributed by atoms with Crippen LogP contribution in [0, 0.1) is 0 Å². The molecule has 7 nitrogen and oxygen atoms in total.